The maximum Gasteiger partial charge on any atom is 0.126 e. The zero-order valence-corrected chi connectivity index (χ0v) is 10.2. The fourth-order valence-electron chi connectivity index (χ4n) is 1.33. The fraction of sp³-hybridized carbons (Fsp3) is 0.909. The lowest BCUT2D eigenvalue weighted by atomic mass is 10.2. The number of Topliss-reactive ketones (excluding diaryl/α,β-unsaturated/α-hetero) is 1. The molecular formula is C11H25NO. The third-order valence-electron chi connectivity index (χ3n) is 1.69. The van der Waals surface area contributed by atoms with Crippen LogP contribution < -0.4 is 0 Å². The van der Waals surface area contributed by atoms with Gasteiger partial charge >= 0.3 is 0 Å². The van der Waals surface area contributed by atoms with Crippen molar-refractivity contribution in [2.24, 2.45) is 0 Å². The highest BCUT2D eigenvalue weighted by Gasteiger charge is 2.08. The molecule has 0 amide bonds. The third-order valence-corrected chi connectivity index (χ3v) is 1.69. The van der Waals surface area contributed by atoms with Gasteiger partial charge in [0.1, 0.15) is 5.78 Å². The number of hydrogen-bond donors (Lipinski definition) is 0. The maximum absolute atomic E-state index is 9.44. The highest BCUT2D eigenvalue weighted by molar-refractivity contribution is 5.72. The zero-order valence-electron chi connectivity index (χ0n) is 10.2. The molecule has 2 nitrogen and oxygen atoms in total. The summed E-state index contributed by atoms with van der Waals surface area (Å²) in [7, 11) is 0. The Balaban J connectivity index is 0. The molecule has 0 aliphatic carbocycles. The standard InChI is InChI=1S/C8H19N.C3H6O/c1-6-9(7(2)3)8(4)5;1-3(2)4/h7-8H,6H2,1-5H3;1-2H3. The predicted molar refractivity (Wildman–Crippen MR) is 59.0 cm³/mol. The summed E-state index contributed by atoms with van der Waals surface area (Å²) >= 11 is 0. The average molecular weight is 187 g/mol. The molecule has 80 valence electrons. The summed E-state index contributed by atoms with van der Waals surface area (Å²) in [6.07, 6.45) is 0. The molecule has 0 aromatic carbocycles. The Morgan fingerprint density at radius 3 is 1.31 bits per heavy atom. The Hall–Kier alpha value is -0.370. The van der Waals surface area contributed by atoms with E-state index in [1.54, 1.807) is 0 Å². The molecule has 0 heterocycles. The van der Waals surface area contributed by atoms with E-state index < -0.39 is 0 Å². The highest BCUT2D eigenvalue weighted by Crippen LogP contribution is 2.02. The highest BCUT2D eigenvalue weighted by atomic mass is 16.1. The maximum atomic E-state index is 9.44. The van der Waals surface area contributed by atoms with Gasteiger partial charge in [-0.3, -0.25) is 4.90 Å². The Bertz CT molecular complexity index is 118. The van der Waals surface area contributed by atoms with Crippen molar-refractivity contribution in [1.29, 1.82) is 0 Å². The normalized spacial score (nSPS) is 10.3. The molecule has 0 saturated heterocycles. The summed E-state index contributed by atoms with van der Waals surface area (Å²) in [5, 5.41) is 0. The number of ketones is 1. The summed E-state index contributed by atoms with van der Waals surface area (Å²) in [4.78, 5) is 11.9. The van der Waals surface area contributed by atoms with Gasteiger partial charge in [0.05, 0.1) is 0 Å². The quantitative estimate of drug-likeness (QED) is 0.677. The van der Waals surface area contributed by atoms with Gasteiger partial charge in [-0.05, 0) is 48.1 Å². The number of hydrogen-bond acceptors (Lipinski definition) is 2. The molecule has 0 unspecified atom stereocenters. The molecule has 0 rings (SSSR count). The second-order valence-electron chi connectivity index (χ2n) is 3.93. The van der Waals surface area contributed by atoms with Gasteiger partial charge in [-0.2, -0.15) is 0 Å². The average Bonchev–Trinajstić information content (AvgIpc) is 1.84. The van der Waals surface area contributed by atoms with Crippen LogP contribution in [0.25, 0.3) is 0 Å². The van der Waals surface area contributed by atoms with Gasteiger partial charge in [0, 0.05) is 12.1 Å². The van der Waals surface area contributed by atoms with Crippen molar-refractivity contribution in [2.75, 3.05) is 6.54 Å². The van der Waals surface area contributed by atoms with Crippen molar-refractivity contribution in [2.45, 2.75) is 60.5 Å². The molecule has 0 aromatic heterocycles. The summed E-state index contributed by atoms with van der Waals surface area (Å²) in [5.41, 5.74) is 0. The second kappa shape index (κ2) is 8.24. The van der Waals surface area contributed by atoms with Crippen LogP contribution in [0.4, 0.5) is 0 Å². The first-order chi connectivity index (χ1) is 5.82. The Morgan fingerprint density at radius 1 is 1.08 bits per heavy atom. The monoisotopic (exact) mass is 187 g/mol. The molecule has 0 spiro atoms. The van der Waals surface area contributed by atoms with E-state index in [9.17, 15) is 4.79 Å². The molecule has 0 saturated carbocycles. The first kappa shape index (κ1) is 15.1. The van der Waals surface area contributed by atoms with E-state index in [2.05, 4.69) is 39.5 Å². The van der Waals surface area contributed by atoms with Crippen LogP contribution >= 0.6 is 0 Å². The molecule has 0 aliphatic heterocycles. The van der Waals surface area contributed by atoms with Crippen LogP contribution in [0.2, 0.25) is 0 Å². The fourth-order valence-corrected chi connectivity index (χ4v) is 1.33. The van der Waals surface area contributed by atoms with E-state index in [1.165, 1.54) is 13.8 Å². The Morgan fingerprint density at radius 2 is 1.31 bits per heavy atom. The zero-order chi connectivity index (χ0) is 11.0. The van der Waals surface area contributed by atoms with Crippen molar-refractivity contribution in [1.82, 2.24) is 4.90 Å². The number of carbonyl (C=O) groups excluding carboxylic acids is 1. The van der Waals surface area contributed by atoms with E-state index in [-0.39, 0.29) is 5.78 Å². The molecule has 0 aliphatic rings. The molecule has 0 radical (unpaired) electrons. The number of carbonyl (C=O) groups is 1. The Kier molecular flexibility index (Phi) is 9.58. The van der Waals surface area contributed by atoms with Gasteiger partial charge in [0.15, 0.2) is 0 Å². The van der Waals surface area contributed by atoms with Crippen molar-refractivity contribution < 1.29 is 4.79 Å². The molecule has 0 aromatic rings. The Labute approximate surface area is 83.3 Å². The lowest BCUT2D eigenvalue weighted by Gasteiger charge is -2.28. The van der Waals surface area contributed by atoms with Gasteiger partial charge in [-0.15, -0.1) is 0 Å². The minimum atomic E-state index is 0.167. The van der Waals surface area contributed by atoms with Gasteiger partial charge in [0.25, 0.3) is 0 Å². The molecule has 0 atom stereocenters. The van der Waals surface area contributed by atoms with Crippen LogP contribution in [0, 0.1) is 0 Å². The first-order valence-electron chi connectivity index (χ1n) is 5.05. The largest absolute Gasteiger partial charge is 0.300 e. The van der Waals surface area contributed by atoms with Gasteiger partial charge in [-0.25, -0.2) is 0 Å². The second-order valence-corrected chi connectivity index (χ2v) is 3.93. The third kappa shape index (κ3) is 11.6. The molecule has 0 bridgehead atoms. The lowest BCUT2D eigenvalue weighted by molar-refractivity contribution is -0.114. The van der Waals surface area contributed by atoms with Gasteiger partial charge in [0.2, 0.25) is 0 Å². The minimum Gasteiger partial charge on any atom is -0.300 e. The van der Waals surface area contributed by atoms with Crippen LogP contribution in [-0.2, 0) is 4.79 Å². The van der Waals surface area contributed by atoms with E-state index in [0.29, 0.717) is 12.1 Å². The summed E-state index contributed by atoms with van der Waals surface area (Å²) in [6.45, 7) is 15.4. The summed E-state index contributed by atoms with van der Waals surface area (Å²) < 4.78 is 0. The van der Waals surface area contributed by atoms with Gasteiger partial charge in [-0.1, -0.05) is 6.92 Å². The lowest BCUT2D eigenvalue weighted by Crippen LogP contribution is -2.36. The molecule has 2 heteroatoms. The smallest absolute Gasteiger partial charge is 0.126 e. The van der Waals surface area contributed by atoms with Gasteiger partial charge < -0.3 is 4.79 Å². The summed E-state index contributed by atoms with van der Waals surface area (Å²) in [5.74, 6) is 0.167. The van der Waals surface area contributed by atoms with E-state index in [4.69, 9.17) is 0 Å². The van der Waals surface area contributed by atoms with Crippen molar-refractivity contribution in [3.63, 3.8) is 0 Å². The molecule has 13 heavy (non-hydrogen) atoms. The van der Waals surface area contributed by atoms with Crippen molar-refractivity contribution in [3.8, 4) is 0 Å². The van der Waals surface area contributed by atoms with Crippen molar-refractivity contribution >= 4 is 5.78 Å². The summed E-state index contributed by atoms with van der Waals surface area (Å²) in [6, 6.07) is 1.38. The van der Waals surface area contributed by atoms with E-state index >= 15 is 0 Å². The molecular weight excluding hydrogens is 162 g/mol. The molecule has 0 N–H and O–H groups in total. The van der Waals surface area contributed by atoms with Crippen LogP contribution in [0.5, 0.6) is 0 Å². The predicted octanol–water partition coefficient (Wildman–Crippen LogP) is 2.72. The topological polar surface area (TPSA) is 20.3 Å². The van der Waals surface area contributed by atoms with E-state index in [1.807, 2.05) is 0 Å². The van der Waals surface area contributed by atoms with E-state index in [0.717, 1.165) is 6.54 Å². The van der Waals surface area contributed by atoms with Crippen LogP contribution in [-0.4, -0.2) is 29.3 Å². The van der Waals surface area contributed by atoms with Crippen LogP contribution in [0.3, 0.4) is 0 Å². The minimum absolute atomic E-state index is 0.167. The number of rotatable bonds is 3. The SMILES string of the molecule is CC(C)=O.CCN(C(C)C)C(C)C. The number of nitrogens with zero attached hydrogens (tertiary/aromatic N) is 1. The molecule has 0 fully saturated rings. The van der Waals surface area contributed by atoms with Crippen LogP contribution in [0.1, 0.15) is 48.5 Å². The van der Waals surface area contributed by atoms with Crippen molar-refractivity contribution in [3.05, 3.63) is 0 Å². The first-order valence-corrected chi connectivity index (χ1v) is 5.05. The van der Waals surface area contributed by atoms with Crippen LogP contribution in [0.15, 0.2) is 0 Å².